The molecule has 1 amide bonds. The smallest absolute Gasteiger partial charge is 0.339 e. The Morgan fingerprint density at radius 3 is 2.50 bits per heavy atom. The number of amides is 1. The van der Waals surface area contributed by atoms with E-state index in [2.05, 4.69) is 5.32 Å². The van der Waals surface area contributed by atoms with Crippen LogP contribution in [0.2, 0.25) is 0 Å². The first-order valence-electron chi connectivity index (χ1n) is 6.15. The van der Waals surface area contributed by atoms with Crippen molar-refractivity contribution in [1.29, 1.82) is 0 Å². The second kappa shape index (κ2) is 5.76. The minimum Gasteiger partial charge on any atom is -0.478 e. The van der Waals surface area contributed by atoms with Crippen molar-refractivity contribution in [3.05, 3.63) is 37.9 Å². The Kier molecular flexibility index (Phi) is 4.25. The van der Waals surface area contributed by atoms with Gasteiger partial charge in [-0.25, -0.2) is 4.79 Å². The zero-order chi connectivity index (χ0) is 14.9. The zero-order valence-corrected chi connectivity index (χ0v) is 13.1. The van der Waals surface area contributed by atoms with Crippen LogP contribution >= 0.6 is 22.7 Å². The summed E-state index contributed by atoms with van der Waals surface area (Å²) in [5.74, 6) is -1.25. The molecule has 0 unspecified atom stereocenters. The summed E-state index contributed by atoms with van der Waals surface area (Å²) in [5, 5.41) is 16.2. The van der Waals surface area contributed by atoms with Crippen LogP contribution in [0.5, 0.6) is 0 Å². The molecule has 0 saturated carbocycles. The lowest BCUT2D eigenvalue weighted by Crippen LogP contribution is -2.14. The lowest BCUT2D eigenvalue weighted by molar-refractivity contribution is 0.0697. The summed E-state index contributed by atoms with van der Waals surface area (Å²) in [5.41, 5.74) is 2.50. The molecular formula is C14H15NO3S2. The molecule has 2 heterocycles. The largest absolute Gasteiger partial charge is 0.478 e. The van der Waals surface area contributed by atoms with Crippen molar-refractivity contribution in [3.8, 4) is 0 Å². The van der Waals surface area contributed by atoms with Crippen LogP contribution in [0.4, 0.5) is 5.00 Å². The second-order valence-electron chi connectivity index (χ2n) is 4.42. The van der Waals surface area contributed by atoms with E-state index in [0.29, 0.717) is 17.0 Å². The summed E-state index contributed by atoms with van der Waals surface area (Å²) in [6, 6.07) is 0. The molecule has 0 spiro atoms. The van der Waals surface area contributed by atoms with Gasteiger partial charge in [0, 0.05) is 10.3 Å². The van der Waals surface area contributed by atoms with Crippen LogP contribution in [0, 0.1) is 13.8 Å². The number of carboxylic acid groups (broad SMARTS) is 1. The third kappa shape index (κ3) is 2.62. The average molecular weight is 309 g/mol. The summed E-state index contributed by atoms with van der Waals surface area (Å²) >= 11 is 2.77. The van der Waals surface area contributed by atoms with Crippen LogP contribution in [0.3, 0.4) is 0 Å². The van der Waals surface area contributed by atoms with E-state index in [-0.39, 0.29) is 11.5 Å². The molecule has 2 aromatic heterocycles. The second-order valence-corrected chi connectivity index (χ2v) is 6.39. The van der Waals surface area contributed by atoms with Crippen molar-refractivity contribution in [2.45, 2.75) is 27.2 Å². The molecule has 0 atom stereocenters. The van der Waals surface area contributed by atoms with Crippen LogP contribution in [0.15, 0.2) is 10.8 Å². The van der Waals surface area contributed by atoms with Gasteiger partial charge in [-0.2, -0.15) is 11.3 Å². The summed E-state index contributed by atoms with van der Waals surface area (Å²) in [7, 11) is 0. The van der Waals surface area contributed by atoms with Crippen LogP contribution < -0.4 is 5.32 Å². The van der Waals surface area contributed by atoms with Gasteiger partial charge in [0.1, 0.15) is 5.00 Å². The number of carbonyl (C=O) groups is 2. The molecule has 2 N–H and O–H groups in total. The quantitative estimate of drug-likeness (QED) is 0.899. The molecule has 6 heteroatoms. The molecule has 0 aliphatic carbocycles. The monoisotopic (exact) mass is 309 g/mol. The highest BCUT2D eigenvalue weighted by Crippen LogP contribution is 2.34. The first-order valence-corrected chi connectivity index (χ1v) is 7.91. The number of aromatic carboxylic acids is 1. The predicted molar refractivity (Wildman–Crippen MR) is 82.4 cm³/mol. The molecule has 106 valence electrons. The van der Waals surface area contributed by atoms with E-state index in [0.717, 1.165) is 16.0 Å². The lowest BCUT2D eigenvalue weighted by atomic mass is 10.1. The number of thiophene rings is 2. The Hall–Kier alpha value is -1.66. The molecule has 0 aliphatic rings. The molecule has 0 bridgehead atoms. The van der Waals surface area contributed by atoms with Gasteiger partial charge in [0.05, 0.1) is 11.1 Å². The Balaban J connectivity index is 2.37. The van der Waals surface area contributed by atoms with Gasteiger partial charge in [0.25, 0.3) is 5.91 Å². The third-order valence-electron chi connectivity index (χ3n) is 3.10. The van der Waals surface area contributed by atoms with E-state index in [1.165, 1.54) is 22.7 Å². The van der Waals surface area contributed by atoms with Crippen molar-refractivity contribution in [1.82, 2.24) is 0 Å². The van der Waals surface area contributed by atoms with E-state index < -0.39 is 5.97 Å². The molecule has 4 nitrogen and oxygen atoms in total. The fourth-order valence-corrected chi connectivity index (χ4v) is 4.04. The highest BCUT2D eigenvalue weighted by molar-refractivity contribution is 7.16. The molecular weight excluding hydrogens is 294 g/mol. The first-order chi connectivity index (χ1) is 9.45. The standard InChI is InChI=1S/C14H15NO3S2/c1-4-9-8(3)20-13(11(9)14(17)18)15-12(16)10-6-19-5-7(10)2/h5-6H,4H2,1-3H3,(H,15,16)(H,17,18). The zero-order valence-electron chi connectivity index (χ0n) is 11.4. The van der Waals surface area contributed by atoms with Crippen LogP contribution in [0.1, 0.15) is 43.6 Å². The minimum atomic E-state index is -0.997. The number of hydrogen-bond acceptors (Lipinski definition) is 4. The van der Waals surface area contributed by atoms with Crippen molar-refractivity contribution in [2.75, 3.05) is 5.32 Å². The number of anilines is 1. The van der Waals surface area contributed by atoms with Crippen molar-refractivity contribution in [2.24, 2.45) is 0 Å². The van der Waals surface area contributed by atoms with E-state index in [1.54, 1.807) is 5.38 Å². The number of nitrogens with one attached hydrogen (secondary N) is 1. The van der Waals surface area contributed by atoms with Crippen molar-refractivity contribution in [3.63, 3.8) is 0 Å². The molecule has 0 fully saturated rings. The van der Waals surface area contributed by atoms with E-state index in [1.807, 2.05) is 26.2 Å². The van der Waals surface area contributed by atoms with E-state index >= 15 is 0 Å². The predicted octanol–water partition coefficient (Wildman–Crippen LogP) is 3.94. The van der Waals surface area contributed by atoms with Gasteiger partial charge in [-0.15, -0.1) is 11.3 Å². The molecule has 2 rings (SSSR count). The van der Waals surface area contributed by atoms with E-state index in [9.17, 15) is 14.7 Å². The maximum absolute atomic E-state index is 12.2. The average Bonchev–Trinajstić information content (AvgIpc) is 2.92. The number of carboxylic acids is 1. The Morgan fingerprint density at radius 1 is 1.30 bits per heavy atom. The van der Waals surface area contributed by atoms with Crippen molar-refractivity contribution < 1.29 is 14.7 Å². The molecule has 0 aromatic carbocycles. The Morgan fingerprint density at radius 2 is 2.00 bits per heavy atom. The highest BCUT2D eigenvalue weighted by Gasteiger charge is 2.22. The topological polar surface area (TPSA) is 66.4 Å². The van der Waals surface area contributed by atoms with Crippen LogP contribution in [-0.4, -0.2) is 17.0 Å². The number of aryl methyl sites for hydroxylation is 2. The summed E-state index contributed by atoms with van der Waals surface area (Å²) in [6.45, 7) is 5.65. The van der Waals surface area contributed by atoms with Gasteiger partial charge in [-0.05, 0) is 36.8 Å². The fourth-order valence-electron chi connectivity index (χ4n) is 2.08. The Labute approximate surface area is 125 Å². The van der Waals surface area contributed by atoms with E-state index in [4.69, 9.17) is 0 Å². The molecule has 0 aliphatic heterocycles. The maximum Gasteiger partial charge on any atom is 0.339 e. The van der Waals surface area contributed by atoms with Gasteiger partial charge in [-0.1, -0.05) is 6.92 Å². The SMILES string of the molecule is CCc1c(C)sc(NC(=O)c2cscc2C)c1C(=O)O. The summed E-state index contributed by atoms with van der Waals surface area (Å²) in [6.07, 6.45) is 0.636. The number of hydrogen-bond donors (Lipinski definition) is 2. The molecule has 0 radical (unpaired) electrons. The minimum absolute atomic E-state index is 0.219. The highest BCUT2D eigenvalue weighted by atomic mass is 32.1. The normalized spacial score (nSPS) is 10.6. The molecule has 0 saturated heterocycles. The third-order valence-corrected chi connectivity index (χ3v) is 5.03. The molecule has 2 aromatic rings. The van der Waals surface area contributed by atoms with Gasteiger partial charge >= 0.3 is 5.97 Å². The van der Waals surface area contributed by atoms with Gasteiger partial charge in [0.15, 0.2) is 0 Å². The number of carbonyl (C=O) groups excluding carboxylic acids is 1. The lowest BCUT2D eigenvalue weighted by Gasteiger charge is -2.04. The fraction of sp³-hybridized carbons (Fsp3) is 0.286. The summed E-state index contributed by atoms with van der Waals surface area (Å²) < 4.78 is 0. The number of rotatable bonds is 4. The summed E-state index contributed by atoms with van der Waals surface area (Å²) in [4.78, 5) is 24.5. The van der Waals surface area contributed by atoms with Gasteiger partial charge in [0.2, 0.25) is 0 Å². The maximum atomic E-state index is 12.2. The Bertz CT molecular complexity index is 670. The molecule has 20 heavy (non-hydrogen) atoms. The van der Waals surface area contributed by atoms with Crippen molar-refractivity contribution >= 4 is 39.6 Å². The van der Waals surface area contributed by atoms with Gasteiger partial charge < -0.3 is 10.4 Å². The first kappa shape index (κ1) is 14.7. The van der Waals surface area contributed by atoms with Crippen LogP contribution in [0.25, 0.3) is 0 Å². The van der Waals surface area contributed by atoms with Gasteiger partial charge in [-0.3, -0.25) is 4.79 Å². The van der Waals surface area contributed by atoms with Crippen LogP contribution in [-0.2, 0) is 6.42 Å².